The predicted octanol–water partition coefficient (Wildman–Crippen LogP) is 2.03. The zero-order valence-corrected chi connectivity index (χ0v) is 11.0. The summed E-state index contributed by atoms with van der Waals surface area (Å²) < 4.78 is 1.98. The maximum Gasteiger partial charge on any atom is 0.165 e. The summed E-state index contributed by atoms with van der Waals surface area (Å²) in [5, 5.41) is 0. The first-order valence-electron chi connectivity index (χ1n) is 6.13. The Hall–Kier alpha value is -2.43. The lowest BCUT2D eigenvalue weighted by Crippen LogP contribution is -2.10. The van der Waals surface area contributed by atoms with Crippen LogP contribution in [0.4, 0.5) is 5.82 Å². The minimum absolute atomic E-state index is 0.422. The Balaban J connectivity index is 2.07. The van der Waals surface area contributed by atoms with Crippen LogP contribution in [0.15, 0.2) is 30.9 Å². The van der Waals surface area contributed by atoms with Gasteiger partial charge in [0.25, 0.3) is 0 Å². The van der Waals surface area contributed by atoms with Crippen LogP contribution >= 0.6 is 0 Å². The quantitative estimate of drug-likeness (QED) is 0.758. The summed E-state index contributed by atoms with van der Waals surface area (Å²) in [6.07, 6.45) is 3.24. The number of aryl methyl sites for hydroxylation is 2. The highest BCUT2D eigenvalue weighted by Crippen LogP contribution is 2.23. The second-order valence-corrected chi connectivity index (χ2v) is 4.67. The lowest BCUT2D eigenvalue weighted by molar-refractivity contribution is 0.754. The molecule has 0 radical (unpaired) electrons. The Morgan fingerprint density at radius 2 is 1.84 bits per heavy atom. The van der Waals surface area contributed by atoms with Crippen molar-refractivity contribution in [2.45, 2.75) is 20.4 Å². The van der Waals surface area contributed by atoms with E-state index in [0.717, 1.165) is 12.4 Å². The summed E-state index contributed by atoms with van der Waals surface area (Å²) in [6.45, 7) is 4.95. The Kier molecular flexibility index (Phi) is 2.67. The van der Waals surface area contributed by atoms with Gasteiger partial charge in [-0.3, -0.25) is 0 Å². The number of nitrogen functional groups attached to an aromatic ring is 1. The predicted molar refractivity (Wildman–Crippen MR) is 73.9 cm³/mol. The number of anilines is 1. The van der Waals surface area contributed by atoms with Gasteiger partial charge in [0.1, 0.15) is 12.0 Å². The van der Waals surface area contributed by atoms with Crippen molar-refractivity contribution < 1.29 is 0 Å². The summed E-state index contributed by atoms with van der Waals surface area (Å²) in [5.41, 5.74) is 10.3. The second-order valence-electron chi connectivity index (χ2n) is 4.67. The highest BCUT2D eigenvalue weighted by atomic mass is 15.1. The van der Waals surface area contributed by atoms with Crippen LogP contribution in [0.2, 0.25) is 0 Å². The smallest absolute Gasteiger partial charge is 0.165 e. The van der Waals surface area contributed by atoms with Gasteiger partial charge in [-0.05, 0) is 30.5 Å². The van der Waals surface area contributed by atoms with Crippen LogP contribution in [0.5, 0.6) is 0 Å². The normalized spacial score (nSPS) is 11.1. The zero-order chi connectivity index (χ0) is 13.4. The first-order chi connectivity index (χ1) is 9.16. The van der Waals surface area contributed by atoms with Gasteiger partial charge in [0.15, 0.2) is 11.6 Å². The highest BCUT2D eigenvalue weighted by molar-refractivity contribution is 5.64. The average molecular weight is 253 g/mol. The molecule has 0 amide bonds. The molecule has 1 aromatic carbocycles. The van der Waals surface area contributed by atoms with E-state index in [-0.39, 0.29) is 0 Å². The topological polar surface area (TPSA) is 69.6 Å². The summed E-state index contributed by atoms with van der Waals surface area (Å²) in [4.78, 5) is 12.6. The standard InChI is InChI=1S/C14H15N5/c1-9-4-3-5-10(2)11(9)6-19-8-18-13(15)12-14(19)17-7-16-12/h3-5,7-8H,6,15H2,1-2H3. The fourth-order valence-corrected chi connectivity index (χ4v) is 2.28. The van der Waals surface area contributed by atoms with Crippen molar-refractivity contribution >= 4 is 5.82 Å². The molecule has 0 aromatic heterocycles. The van der Waals surface area contributed by atoms with E-state index in [1.54, 1.807) is 6.33 Å². The van der Waals surface area contributed by atoms with Crippen molar-refractivity contribution in [2.75, 3.05) is 5.73 Å². The largest absolute Gasteiger partial charge is 0.382 e. The molecule has 0 saturated heterocycles. The number of aromatic nitrogens is 4. The van der Waals surface area contributed by atoms with Crippen LogP contribution in [0.1, 0.15) is 16.7 Å². The van der Waals surface area contributed by atoms with Gasteiger partial charge in [-0.25, -0.2) is 15.0 Å². The third-order valence-corrected chi connectivity index (χ3v) is 3.40. The lowest BCUT2D eigenvalue weighted by atomic mass is 10.0. The second kappa shape index (κ2) is 4.35. The van der Waals surface area contributed by atoms with Gasteiger partial charge in [0, 0.05) is 0 Å². The molecule has 2 aliphatic rings. The van der Waals surface area contributed by atoms with Gasteiger partial charge in [-0.2, -0.15) is 0 Å². The molecule has 0 saturated carbocycles. The average Bonchev–Trinajstić information content (AvgIpc) is 2.87. The molecule has 5 nitrogen and oxygen atoms in total. The molecule has 0 aliphatic carbocycles. The first kappa shape index (κ1) is 11.6. The molecule has 0 spiro atoms. The summed E-state index contributed by atoms with van der Waals surface area (Å²) >= 11 is 0. The minimum Gasteiger partial charge on any atom is -0.382 e. The Morgan fingerprint density at radius 1 is 1.11 bits per heavy atom. The highest BCUT2D eigenvalue weighted by Gasteiger charge is 2.15. The third kappa shape index (κ3) is 1.93. The molecule has 0 unspecified atom stereocenters. The molecule has 1 aromatic rings. The van der Waals surface area contributed by atoms with Gasteiger partial charge in [0.2, 0.25) is 0 Å². The molecule has 19 heavy (non-hydrogen) atoms. The number of hydrogen-bond acceptors (Lipinski definition) is 4. The van der Waals surface area contributed by atoms with E-state index in [1.165, 1.54) is 23.0 Å². The number of fused-ring (bicyclic) bond motifs is 1. The van der Waals surface area contributed by atoms with E-state index in [9.17, 15) is 0 Å². The maximum absolute atomic E-state index is 5.80. The molecule has 0 fully saturated rings. The lowest BCUT2D eigenvalue weighted by Gasteiger charge is -2.14. The SMILES string of the molecule is Cc1cccc(C)c1Cn1cnc(N)c2ncnc1-2. The Labute approximate surface area is 111 Å². The van der Waals surface area contributed by atoms with Gasteiger partial charge < -0.3 is 10.3 Å². The monoisotopic (exact) mass is 253 g/mol. The summed E-state index contributed by atoms with van der Waals surface area (Å²) in [6, 6.07) is 6.29. The number of rotatable bonds is 2. The van der Waals surface area contributed by atoms with Crippen molar-refractivity contribution in [1.82, 2.24) is 19.5 Å². The van der Waals surface area contributed by atoms with Crippen LogP contribution in [0.25, 0.3) is 11.5 Å². The maximum atomic E-state index is 5.80. The van der Waals surface area contributed by atoms with Crippen LogP contribution in [-0.2, 0) is 6.54 Å². The number of nitrogens with two attached hydrogens (primary N) is 1. The van der Waals surface area contributed by atoms with Gasteiger partial charge >= 0.3 is 0 Å². The number of benzene rings is 1. The Bertz CT molecular complexity index is 681. The summed E-state index contributed by atoms with van der Waals surface area (Å²) in [7, 11) is 0. The molecule has 2 aliphatic heterocycles. The van der Waals surface area contributed by atoms with Gasteiger partial charge in [0.05, 0.1) is 12.9 Å². The zero-order valence-electron chi connectivity index (χ0n) is 11.0. The van der Waals surface area contributed by atoms with Crippen molar-refractivity contribution in [2.24, 2.45) is 0 Å². The van der Waals surface area contributed by atoms with E-state index in [4.69, 9.17) is 5.73 Å². The third-order valence-electron chi connectivity index (χ3n) is 3.40. The van der Waals surface area contributed by atoms with Crippen molar-refractivity contribution in [3.05, 3.63) is 47.5 Å². The van der Waals surface area contributed by atoms with Crippen molar-refractivity contribution in [3.63, 3.8) is 0 Å². The van der Waals surface area contributed by atoms with E-state index in [0.29, 0.717) is 11.5 Å². The number of nitrogens with zero attached hydrogens (tertiary/aromatic N) is 4. The Morgan fingerprint density at radius 3 is 2.58 bits per heavy atom. The first-order valence-corrected chi connectivity index (χ1v) is 6.13. The molecule has 0 bridgehead atoms. The molecule has 2 heterocycles. The van der Waals surface area contributed by atoms with Crippen molar-refractivity contribution in [1.29, 1.82) is 0 Å². The van der Waals surface area contributed by atoms with Gasteiger partial charge in [-0.1, -0.05) is 18.2 Å². The van der Waals surface area contributed by atoms with E-state index >= 15 is 0 Å². The molecule has 2 N–H and O–H groups in total. The van der Waals surface area contributed by atoms with E-state index in [1.807, 2.05) is 4.57 Å². The molecular formula is C14H15N5. The molecule has 3 rings (SSSR count). The molecular weight excluding hydrogens is 238 g/mol. The summed E-state index contributed by atoms with van der Waals surface area (Å²) in [5.74, 6) is 1.19. The number of imidazole rings is 1. The van der Waals surface area contributed by atoms with Crippen LogP contribution < -0.4 is 5.73 Å². The minimum atomic E-state index is 0.422. The fraction of sp³-hybridized carbons (Fsp3) is 0.214. The molecule has 96 valence electrons. The van der Waals surface area contributed by atoms with Crippen LogP contribution in [0, 0.1) is 13.8 Å². The molecule has 5 heteroatoms. The van der Waals surface area contributed by atoms with Gasteiger partial charge in [-0.15, -0.1) is 0 Å². The van der Waals surface area contributed by atoms with Crippen molar-refractivity contribution in [3.8, 4) is 11.5 Å². The van der Waals surface area contributed by atoms with E-state index in [2.05, 4.69) is 47.0 Å². The van der Waals surface area contributed by atoms with Crippen LogP contribution in [0.3, 0.4) is 0 Å². The van der Waals surface area contributed by atoms with E-state index < -0.39 is 0 Å². The fourth-order valence-electron chi connectivity index (χ4n) is 2.28. The molecule has 0 atom stereocenters. The number of hydrogen-bond donors (Lipinski definition) is 1. The van der Waals surface area contributed by atoms with Crippen LogP contribution in [-0.4, -0.2) is 19.5 Å².